The van der Waals surface area contributed by atoms with Gasteiger partial charge < -0.3 is 9.47 Å². The van der Waals surface area contributed by atoms with Crippen molar-refractivity contribution in [1.29, 1.82) is 0 Å². The first-order valence-electron chi connectivity index (χ1n) is 11.7. The van der Waals surface area contributed by atoms with Gasteiger partial charge in [-0.1, -0.05) is 12.8 Å². The second-order valence-electron chi connectivity index (χ2n) is 8.95. The van der Waals surface area contributed by atoms with Crippen LogP contribution in [-0.4, -0.2) is 12.2 Å². The first-order chi connectivity index (χ1) is 15.4. The van der Waals surface area contributed by atoms with E-state index in [-0.39, 0.29) is 12.2 Å². The third-order valence-electron chi connectivity index (χ3n) is 6.54. The van der Waals surface area contributed by atoms with Gasteiger partial charge in [-0.15, -0.1) is 0 Å². The Bertz CT molecular complexity index is 779. The summed E-state index contributed by atoms with van der Waals surface area (Å²) in [6.07, 6.45) is 10.5. The highest BCUT2D eigenvalue weighted by atomic mass is 19.3. The van der Waals surface area contributed by atoms with Crippen LogP contribution in [0.15, 0.2) is 48.5 Å². The number of hydrogen-bond donors (Lipinski definition) is 0. The first kappa shape index (κ1) is 22.9. The zero-order valence-electron chi connectivity index (χ0n) is 18.2. The van der Waals surface area contributed by atoms with Crippen molar-refractivity contribution < 1.29 is 27.0 Å². The van der Waals surface area contributed by atoms with Gasteiger partial charge in [-0.05, 0) is 99.9 Å². The van der Waals surface area contributed by atoms with Crippen molar-refractivity contribution in [2.45, 2.75) is 88.3 Å². The lowest BCUT2D eigenvalue weighted by atomic mass is 9.95. The van der Waals surface area contributed by atoms with Gasteiger partial charge in [0.25, 0.3) is 0 Å². The van der Waals surface area contributed by atoms with Gasteiger partial charge in [0, 0.05) is 11.1 Å². The summed E-state index contributed by atoms with van der Waals surface area (Å²) in [7, 11) is 0. The summed E-state index contributed by atoms with van der Waals surface area (Å²) in [5.74, 6) is -7.85. The van der Waals surface area contributed by atoms with Crippen LogP contribution in [0.2, 0.25) is 0 Å². The molecule has 32 heavy (non-hydrogen) atoms. The van der Waals surface area contributed by atoms with E-state index < -0.39 is 23.0 Å². The predicted molar refractivity (Wildman–Crippen MR) is 116 cm³/mol. The second-order valence-corrected chi connectivity index (χ2v) is 8.95. The quantitative estimate of drug-likeness (QED) is 0.398. The molecule has 0 radical (unpaired) electrons. The van der Waals surface area contributed by atoms with Gasteiger partial charge in [-0.25, -0.2) is 0 Å². The van der Waals surface area contributed by atoms with Crippen LogP contribution in [0, 0.1) is 0 Å². The van der Waals surface area contributed by atoms with Crippen LogP contribution in [0.5, 0.6) is 11.5 Å². The molecule has 0 aliphatic heterocycles. The Morgan fingerprint density at radius 3 is 1.12 bits per heavy atom. The third-order valence-corrected chi connectivity index (χ3v) is 6.54. The molecule has 2 aliphatic carbocycles. The number of halogens is 4. The Morgan fingerprint density at radius 1 is 0.500 bits per heavy atom. The van der Waals surface area contributed by atoms with E-state index in [4.69, 9.17) is 9.47 Å². The molecule has 2 saturated carbocycles. The number of alkyl halides is 4. The molecule has 0 bridgehead atoms. The maximum atomic E-state index is 14.9. The van der Waals surface area contributed by atoms with Crippen molar-refractivity contribution in [3.8, 4) is 11.5 Å². The lowest BCUT2D eigenvalue weighted by Crippen LogP contribution is -2.35. The van der Waals surface area contributed by atoms with Gasteiger partial charge in [0.1, 0.15) is 11.5 Å². The van der Waals surface area contributed by atoms with E-state index in [2.05, 4.69) is 0 Å². The Morgan fingerprint density at radius 2 is 0.812 bits per heavy atom. The minimum absolute atomic E-state index is 0.0610. The lowest BCUT2D eigenvalue weighted by molar-refractivity contribution is -0.223. The standard InChI is InChI=1S/C26H30F4O2/c27-25(28,19-11-15-23(16-12-19)31-21-7-3-1-4-8-21)26(29,30)20-13-17-24(18-14-20)32-22-9-5-2-6-10-22/h11-18,21-22H,1-10H2. The van der Waals surface area contributed by atoms with E-state index in [1.165, 1.54) is 37.1 Å². The molecule has 6 heteroatoms. The summed E-state index contributed by atoms with van der Waals surface area (Å²) in [6, 6.07) is 9.56. The first-order valence-corrected chi connectivity index (χ1v) is 11.7. The molecule has 2 aromatic rings. The summed E-state index contributed by atoms with van der Waals surface area (Å²) in [4.78, 5) is 0. The molecule has 0 N–H and O–H groups in total. The highest BCUT2D eigenvalue weighted by molar-refractivity contribution is 5.36. The van der Waals surface area contributed by atoms with Crippen LogP contribution in [0.25, 0.3) is 0 Å². The van der Waals surface area contributed by atoms with Gasteiger partial charge in [-0.2, -0.15) is 17.6 Å². The molecule has 0 atom stereocenters. The zero-order valence-corrected chi connectivity index (χ0v) is 18.2. The number of hydrogen-bond acceptors (Lipinski definition) is 2. The van der Waals surface area contributed by atoms with Crippen LogP contribution >= 0.6 is 0 Å². The van der Waals surface area contributed by atoms with E-state index in [0.29, 0.717) is 11.5 Å². The smallest absolute Gasteiger partial charge is 0.339 e. The summed E-state index contributed by atoms with van der Waals surface area (Å²) in [6.45, 7) is 0. The molecule has 4 rings (SSSR count). The number of benzene rings is 2. The highest BCUT2D eigenvalue weighted by Gasteiger charge is 2.58. The molecule has 2 aliphatic rings. The fourth-order valence-electron chi connectivity index (χ4n) is 4.60. The summed E-state index contributed by atoms with van der Waals surface area (Å²) in [5.41, 5.74) is -1.47. The Kier molecular flexibility index (Phi) is 6.96. The molecule has 0 unspecified atom stereocenters. The van der Waals surface area contributed by atoms with E-state index in [9.17, 15) is 17.6 Å². The van der Waals surface area contributed by atoms with Crippen molar-refractivity contribution in [2.75, 3.05) is 0 Å². The molecule has 0 saturated heterocycles. The van der Waals surface area contributed by atoms with Crippen molar-refractivity contribution in [3.05, 3.63) is 59.7 Å². The van der Waals surface area contributed by atoms with Crippen LogP contribution in [0.1, 0.15) is 75.3 Å². The molecular weight excluding hydrogens is 420 g/mol. The number of rotatable bonds is 7. The lowest BCUT2D eigenvalue weighted by Gasteiger charge is -2.28. The molecule has 2 aromatic carbocycles. The molecule has 0 aromatic heterocycles. The normalized spacial score (nSPS) is 19.0. The molecule has 0 amide bonds. The van der Waals surface area contributed by atoms with Gasteiger partial charge in [0.2, 0.25) is 0 Å². The zero-order chi connectivity index (χ0) is 22.6. The molecular formula is C26H30F4O2. The summed E-state index contributed by atoms with van der Waals surface area (Å²) < 4.78 is 71.1. The predicted octanol–water partition coefficient (Wildman–Crippen LogP) is 7.99. The Hall–Kier alpha value is -2.24. The average molecular weight is 451 g/mol. The van der Waals surface area contributed by atoms with E-state index >= 15 is 0 Å². The van der Waals surface area contributed by atoms with Crippen molar-refractivity contribution in [1.82, 2.24) is 0 Å². The van der Waals surface area contributed by atoms with Crippen LogP contribution in [0.3, 0.4) is 0 Å². The van der Waals surface area contributed by atoms with Crippen molar-refractivity contribution >= 4 is 0 Å². The van der Waals surface area contributed by atoms with Crippen LogP contribution in [0.4, 0.5) is 17.6 Å². The Balaban J connectivity index is 1.44. The van der Waals surface area contributed by atoms with Gasteiger partial charge >= 0.3 is 11.8 Å². The average Bonchev–Trinajstić information content (AvgIpc) is 2.81. The van der Waals surface area contributed by atoms with Gasteiger partial charge in [0.15, 0.2) is 0 Å². The monoisotopic (exact) mass is 450 g/mol. The molecule has 0 heterocycles. The topological polar surface area (TPSA) is 18.5 Å². The largest absolute Gasteiger partial charge is 0.490 e. The minimum Gasteiger partial charge on any atom is -0.490 e. The van der Waals surface area contributed by atoms with Gasteiger partial charge in [0.05, 0.1) is 12.2 Å². The van der Waals surface area contributed by atoms with Crippen molar-refractivity contribution in [2.24, 2.45) is 0 Å². The van der Waals surface area contributed by atoms with E-state index in [0.717, 1.165) is 75.6 Å². The second kappa shape index (κ2) is 9.72. The molecule has 2 fully saturated rings. The van der Waals surface area contributed by atoms with Crippen LogP contribution < -0.4 is 9.47 Å². The third kappa shape index (κ3) is 5.05. The maximum Gasteiger partial charge on any atom is 0.339 e. The SMILES string of the molecule is FC(F)(c1ccc(OC2CCCCC2)cc1)C(F)(F)c1ccc(OC2CCCCC2)cc1. The van der Waals surface area contributed by atoms with Gasteiger partial charge in [-0.3, -0.25) is 0 Å². The molecule has 174 valence electrons. The fraction of sp³-hybridized carbons (Fsp3) is 0.538. The van der Waals surface area contributed by atoms with E-state index in [1.54, 1.807) is 0 Å². The minimum atomic E-state index is -4.36. The van der Waals surface area contributed by atoms with Crippen molar-refractivity contribution in [3.63, 3.8) is 0 Å². The summed E-state index contributed by atoms with van der Waals surface area (Å²) in [5, 5.41) is 0. The summed E-state index contributed by atoms with van der Waals surface area (Å²) >= 11 is 0. The highest BCUT2D eigenvalue weighted by Crippen LogP contribution is 2.50. The fourth-order valence-corrected chi connectivity index (χ4v) is 4.60. The van der Waals surface area contributed by atoms with E-state index in [1.807, 2.05) is 0 Å². The number of ether oxygens (including phenoxy) is 2. The molecule has 2 nitrogen and oxygen atoms in total. The Labute approximate surface area is 186 Å². The molecule has 0 spiro atoms. The van der Waals surface area contributed by atoms with Crippen LogP contribution in [-0.2, 0) is 11.8 Å². The maximum absolute atomic E-state index is 14.9.